The average Bonchev–Trinajstić information content (AvgIpc) is 3.21. The molecule has 0 atom stereocenters. The Morgan fingerprint density at radius 3 is 2.55 bits per heavy atom. The number of amides is 1. The van der Waals surface area contributed by atoms with Crippen molar-refractivity contribution in [2.24, 2.45) is 0 Å². The molecule has 0 spiro atoms. The lowest BCUT2D eigenvalue weighted by Crippen LogP contribution is -2.07. The minimum Gasteiger partial charge on any atom is -0.494 e. The Kier molecular flexibility index (Phi) is 6.86. The van der Waals surface area contributed by atoms with Gasteiger partial charge in [0.15, 0.2) is 16.6 Å². The number of anilines is 1. The largest absolute Gasteiger partial charge is 0.494 e. The molecule has 0 unspecified atom stereocenters. The highest BCUT2D eigenvalue weighted by Gasteiger charge is 2.10. The van der Waals surface area contributed by atoms with Crippen LogP contribution in [-0.2, 0) is 4.79 Å². The molecule has 3 aromatic rings. The second kappa shape index (κ2) is 9.75. The van der Waals surface area contributed by atoms with Gasteiger partial charge in [-0.3, -0.25) is 10.1 Å². The Morgan fingerprint density at radius 1 is 1.10 bits per heavy atom. The predicted molar refractivity (Wildman–Crippen MR) is 116 cm³/mol. The molecular formula is C22H22N2O4S. The molecule has 0 saturated carbocycles. The van der Waals surface area contributed by atoms with E-state index in [2.05, 4.69) is 10.3 Å². The summed E-state index contributed by atoms with van der Waals surface area (Å²) in [7, 11) is 3.18. The van der Waals surface area contributed by atoms with Crippen molar-refractivity contribution < 1.29 is 19.0 Å². The number of methoxy groups -OCH3 is 2. The van der Waals surface area contributed by atoms with Crippen LogP contribution in [0, 0.1) is 0 Å². The van der Waals surface area contributed by atoms with E-state index >= 15 is 0 Å². The molecule has 1 N–H and O–H groups in total. The van der Waals surface area contributed by atoms with Crippen molar-refractivity contribution in [1.82, 2.24) is 4.98 Å². The van der Waals surface area contributed by atoms with Crippen molar-refractivity contribution in [3.63, 3.8) is 0 Å². The van der Waals surface area contributed by atoms with Gasteiger partial charge >= 0.3 is 0 Å². The molecule has 0 radical (unpaired) electrons. The molecule has 0 aliphatic carbocycles. The van der Waals surface area contributed by atoms with Crippen molar-refractivity contribution in [2.75, 3.05) is 26.1 Å². The second-order valence-electron chi connectivity index (χ2n) is 5.93. The highest BCUT2D eigenvalue weighted by atomic mass is 32.1. The van der Waals surface area contributed by atoms with E-state index in [0.717, 1.165) is 22.6 Å². The minimum atomic E-state index is -0.243. The third-order valence-corrected chi connectivity index (χ3v) is 4.79. The number of hydrogen-bond acceptors (Lipinski definition) is 6. The van der Waals surface area contributed by atoms with Crippen LogP contribution in [0.15, 0.2) is 53.9 Å². The van der Waals surface area contributed by atoms with E-state index < -0.39 is 0 Å². The summed E-state index contributed by atoms with van der Waals surface area (Å²) in [6, 6.07) is 13.1. The van der Waals surface area contributed by atoms with Gasteiger partial charge in [0.1, 0.15) is 5.75 Å². The summed E-state index contributed by atoms with van der Waals surface area (Å²) in [4.78, 5) is 16.7. The molecule has 0 aliphatic heterocycles. The lowest BCUT2D eigenvalue weighted by atomic mass is 10.1. The van der Waals surface area contributed by atoms with E-state index in [0.29, 0.717) is 23.2 Å². The summed E-state index contributed by atoms with van der Waals surface area (Å²) >= 11 is 1.36. The van der Waals surface area contributed by atoms with Crippen LogP contribution in [0.4, 0.5) is 5.13 Å². The summed E-state index contributed by atoms with van der Waals surface area (Å²) in [5.74, 6) is 1.84. The fourth-order valence-corrected chi connectivity index (χ4v) is 3.34. The molecule has 7 heteroatoms. The maximum atomic E-state index is 12.2. The van der Waals surface area contributed by atoms with E-state index in [4.69, 9.17) is 14.2 Å². The highest BCUT2D eigenvalue weighted by Crippen LogP contribution is 2.33. The van der Waals surface area contributed by atoms with Crippen LogP contribution in [0.2, 0.25) is 0 Å². The van der Waals surface area contributed by atoms with E-state index in [-0.39, 0.29) is 5.91 Å². The van der Waals surface area contributed by atoms with Crippen molar-refractivity contribution in [2.45, 2.75) is 6.92 Å². The Morgan fingerprint density at radius 2 is 1.86 bits per heavy atom. The predicted octanol–water partition coefficient (Wildman–Crippen LogP) is 4.88. The molecule has 0 saturated heterocycles. The van der Waals surface area contributed by atoms with E-state index in [9.17, 15) is 4.79 Å². The van der Waals surface area contributed by atoms with E-state index in [1.807, 2.05) is 54.8 Å². The molecular weight excluding hydrogens is 388 g/mol. The smallest absolute Gasteiger partial charge is 0.250 e. The summed E-state index contributed by atoms with van der Waals surface area (Å²) in [5, 5.41) is 5.19. The fourth-order valence-electron chi connectivity index (χ4n) is 2.62. The van der Waals surface area contributed by atoms with Crippen LogP contribution >= 0.6 is 11.3 Å². The molecule has 0 aliphatic rings. The summed E-state index contributed by atoms with van der Waals surface area (Å²) < 4.78 is 16.0. The Bertz CT molecular complexity index is 996. The van der Waals surface area contributed by atoms with Gasteiger partial charge in [0.25, 0.3) is 0 Å². The van der Waals surface area contributed by atoms with Crippen molar-refractivity contribution in [3.05, 3.63) is 59.5 Å². The van der Waals surface area contributed by atoms with Gasteiger partial charge in [-0.1, -0.05) is 12.1 Å². The fraction of sp³-hybridized carbons (Fsp3) is 0.182. The molecule has 1 amide bonds. The zero-order valence-corrected chi connectivity index (χ0v) is 17.3. The van der Waals surface area contributed by atoms with Crippen LogP contribution < -0.4 is 19.5 Å². The van der Waals surface area contributed by atoms with E-state index in [1.165, 1.54) is 17.4 Å². The highest BCUT2D eigenvalue weighted by molar-refractivity contribution is 7.14. The normalized spacial score (nSPS) is 10.7. The van der Waals surface area contributed by atoms with Gasteiger partial charge in [0.05, 0.1) is 26.5 Å². The molecule has 29 heavy (non-hydrogen) atoms. The van der Waals surface area contributed by atoms with Gasteiger partial charge < -0.3 is 14.2 Å². The summed E-state index contributed by atoms with van der Waals surface area (Å²) in [5.41, 5.74) is 2.54. The van der Waals surface area contributed by atoms with Crippen LogP contribution in [0.3, 0.4) is 0 Å². The van der Waals surface area contributed by atoms with Crippen molar-refractivity contribution in [3.8, 4) is 28.5 Å². The first-order valence-corrected chi connectivity index (χ1v) is 9.90. The van der Waals surface area contributed by atoms with Gasteiger partial charge in [0.2, 0.25) is 5.91 Å². The molecule has 1 aromatic heterocycles. The quantitative estimate of drug-likeness (QED) is 0.536. The number of hydrogen-bond donors (Lipinski definition) is 1. The van der Waals surface area contributed by atoms with E-state index in [1.54, 1.807) is 20.3 Å². The lowest BCUT2D eigenvalue weighted by Gasteiger charge is -2.08. The van der Waals surface area contributed by atoms with Crippen molar-refractivity contribution in [1.29, 1.82) is 0 Å². The van der Waals surface area contributed by atoms with Gasteiger partial charge in [-0.2, -0.15) is 0 Å². The number of carbonyl (C=O) groups is 1. The molecule has 150 valence electrons. The molecule has 3 rings (SSSR count). The maximum absolute atomic E-state index is 12.2. The maximum Gasteiger partial charge on any atom is 0.250 e. The summed E-state index contributed by atoms with van der Waals surface area (Å²) in [6.45, 7) is 2.56. The topological polar surface area (TPSA) is 69.7 Å². The van der Waals surface area contributed by atoms with Gasteiger partial charge in [-0.25, -0.2) is 4.98 Å². The number of rotatable bonds is 8. The average molecular weight is 410 g/mol. The van der Waals surface area contributed by atoms with Crippen molar-refractivity contribution >= 4 is 28.5 Å². The van der Waals surface area contributed by atoms with Gasteiger partial charge in [-0.15, -0.1) is 11.3 Å². The first-order valence-electron chi connectivity index (χ1n) is 9.02. The number of nitrogens with one attached hydrogen (secondary N) is 1. The third kappa shape index (κ3) is 5.36. The molecule has 1 heterocycles. The zero-order chi connectivity index (χ0) is 20.6. The SMILES string of the molecule is CCOc1ccc(/C=C/C(=O)Nc2nc(-c3ccc(OC)c(OC)c3)cs2)cc1. The zero-order valence-electron chi connectivity index (χ0n) is 16.5. The monoisotopic (exact) mass is 410 g/mol. The Labute approximate surface area is 173 Å². The first kappa shape index (κ1) is 20.4. The number of nitrogens with zero attached hydrogens (tertiary/aromatic N) is 1. The van der Waals surface area contributed by atoms with Crippen LogP contribution in [0.1, 0.15) is 12.5 Å². The van der Waals surface area contributed by atoms with Gasteiger partial charge in [-0.05, 0) is 48.9 Å². The van der Waals surface area contributed by atoms with Crippen LogP contribution in [0.5, 0.6) is 17.2 Å². The minimum absolute atomic E-state index is 0.243. The standard InChI is InChI=1S/C22H22N2O4S/c1-4-28-17-9-5-15(6-10-17)7-12-21(25)24-22-23-18(14-29-22)16-8-11-19(26-2)20(13-16)27-3/h5-14H,4H2,1-3H3,(H,23,24,25)/b12-7+. The number of benzene rings is 2. The first-order chi connectivity index (χ1) is 14.1. The van der Waals surface area contributed by atoms with Crippen LogP contribution in [-0.4, -0.2) is 31.7 Å². The second-order valence-corrected chi connectivity index (χ2v) is 6.79. The molecule has 0 fully saturated rings. The number of thiazole rings is 1. The van der Waals surface area contributed by atoms with Crippen LogP contribution in [0.25, 0.3) is 17.3 Å². The Hall–Kier alpha value is -3.32. The Balaban J connectivity index is 1.64. The summed E-state index contributed by atoms with van der Waals surface area (Å²) in [6.07, 6.45) is 3.22. The molecule has 0 bridgehead atoms. The number of aromatic nitrogens is 1. The number of carbonyl (C=O) groups excluding carboxylic acids is 1. The number of ether oxygens (including phenoxy) is 3. The molecule has 2 aromatic carbocycles. The van der Waals surface area contributed by atoms with Gasteiger partial charge in [0, 0.05) is 17.0 Å². The lowest BCUT2D eigenvalue weighted by molar-refractivity contribution is -0.111. The molecule has 6 nitrogen and oxygen atoms in total. The third-order valence-electron chi connectivity index (χ3n) is 4.03.